The van der Waals surface area contributed by atoms with Gasteiger partial charge in [-0.25, -0.2) is 8.78 Å². The first-order chi connectivity index (χ1) is 7.11. The molecule has 1 aliphatic rings. The average molecular weight is 231 g/mol. The van der Waals surface area contributed by atoms with Crippen LogP contribution in [-0.4, -0.2) is 5.78 Å². The molecule has 15 heavy (non-hydrogen) atoms. The minimum atomic E-state index is -0.978. The van der Waals surface area contributed by atoms with Gasteiger partial charge in [-0.15, -0.1) is 0 Å². The maximum atomic E-state index is 13.4. The van der Waals surface area contributed by atoms with Crippen molar-refractivity contribution in [1.29, 1.82) is 0 Å². The van der Waals surface area contributed by atoms with E-state index in [1.807, 2.05) is 0 Å². The van der Waals surface area contributed by atoms with E-state index in [9.17, 15) is 13.6 Å². The van der Waals surface area contributed by atoms with E-state index in [-0.39, 0.29) is 21.9 Å². The van der Waals surface area contributed by atoms with Gasteiger partial charge in [-0.3, -0.25) is 4.79 Å². The number of ketones is 1. The van der Waals surface area contributed by atoms with Crippen molar-refractivity contribution in [2.75, 3.05) is 0 Å². The Bertz CT molecular complexity index is 429. The predicted molar refractivity (Wildman–Crippen MR) is 53.3 cm³/mol. The van der Waals surface area contributed by atoms with Gasteiger partial charge in [0.15, 0.2) is 17.4 Å². The van der Waals surface area contributed by atoms with Gasteiger partial charge in [0.2, 0.25) is 0 Å². The lowest BCUT2D eigenvalue weighted by Crippen LogP contribution is -2.05. The molecule has 0 saturated carbocycles. The van der Waals surface area contributed by atoms with Gasteiger partial charge in [0.05, 0.1) is 5.02 Å². The summed E-state index contributed by atoms with van der Waals surface area (Å²) < 4.78 is 26.5. The van der Waals surface area contributed by atoms with Gasteiger partial charge >= 0.3 is 0 Å². The van der Waals surface area contributed by atoms with E-state index < -0.39 is 11.6 Å². The van der Waals surface area contributed by atoms with Crippen LogP contribution >= 0.6 is 11.6 Å². The Morgan fingerprint density at radius 3 is 2.60 bits per heavy atom. The first kappa shape index (κ1) is 10.6. The van der Waals surface area contributed by atoms with Crippen LogP contribution in [0.4, 0.5) is 8.78 Å². The molecule has 0 aliphatic heterocycles. The van der Waals surface area contributed by atoms with Gasteiger partial charge < -0.3 is 0 Å². The zero-order valence-electron chi connectivity index (χ0n) is 7.95. The molecule has 4 heteroatoms. The molecule has 1 aliphatic carbocycles. The van der Waals surface area contributed by atoms with Crippen molar-refractivity contribution in [3.63, 3.8) is 0 Å². The van der Waals surface area contributed by atoms with Gasteiger partial charge in [0.1, 0.15) is 0 Å². The summed E-state index contributed by atoms with van der Waals surface area (Å²) in [5.41, 5.74) is 0.315. The number of fused-ring (bicyclic) bond motifs is 1. The number of carbonyl (C=O) groups is 1. The Morgan fingerprint density at radius 2 is 1.87 bits per heavy atom. The SMILES string of the molecule is O=C1CCCCc2c(F)c(F)cc(Cl)c21. The maximum Gasteiger partial charge on any atom is 0.164 e. The Hall–Kier alpha value is -0.960. The fourth-order valence-electron chi connectivity index (χ4n) is 1.89. The molecule has 0 heterocycles. The number of carbonyl (C=O) groups excluding carboxylic acids is 1. The van der Waals surface area contributed by atoms with Crippen LogP contribution in [0.25, 0.3) is 0 Å². The molecule has 1 aromatic carbocycles. The molecule has 1 aromatic rings. The third-order valence-electron chi connectivity index (χ3n) is 2.63. The molecule has 0 atom stereocenters. The first-order valence-corrected chi connectivity index (χ1v) is 5.18. The lowest BCUT2D eigenvalue weighted by molar-refractivity contribution is 0.0981. The summed E-state index contributed by atoms with van der Waals surface area (Å²) in [6.45, 7) is 0. The second-order valence-corrected chi connectivity index (χ2v) is 4.05. The van der Waals surface area contributed by atoms with Crippen molar-refractivity contribution in [1.82, 2.24) is 0 Å². The molecule has 0 aromatic heterocycles. The zero-order chi connectivity index (χ0) is 11.0. The fourth-order valence-corrected chi connectivity index (χ4v) is 2.21. The van der Waals surface area contributed by atoms with Crippen molar-refractivity contribution < 1.29 is 13.6 Å². The largest absolute Gasteiger partial charge is 0.294 e. The zero-order valence-corrected chi connectivity index (χ0v) is 8.70. The van der Waals surface area contributed by atoms with E-state index >= 15 is 0 Å². The van der Waals surface area contributed by atoms with Crippen LogP contribution in [0.5, 0.6) is 0 Å². The van der Waals surface area contributed by atoms with E-state index in [1.165, 1.54) is 0 Å². The Labute approximate surface area is 91.0 Å². The summed E-state index contributed by atoms with van der Waals surface area (Å²) in [7, 11) is 0. The summed E-state index contributed by atoms with van der Waals surface area (Å²) in [4.78, 5) is 11.6. The van der Waals surface area contributed by atoms with Gasteiger partial charge in [-0.05, 0) is 25.3 Å². The van der Waals surface area contributed by atoms with Crippen molar-refractivity contribution in [2.45, 2.75) is 25.7 Å². The molecule has 0 spiro atoms. The number of Topliss-reactive ketones (excluding diaryl/α,β-unsaturated/α-hetero) is 1. The first-order valence-electron chi connectivity index (χ1n) is 4.81. The molecule has 0 amide bonds. The molecular weight excluding hydrogens is 222 g/mol. The fraction of sp³-hybridized carbons (Fsp3) is 0.364. The molecule has 0 fully saturated rings. The number of hydrogen-bond acceptors (Lipinski definition) is 1. The van der Waals surface area contributed by atoms with Crippen molar-refractivity contribution in [3.05, 3.63) is 33.9 Å². The van der Waals surface area contributed by atoms with Crippen LogP contribution in [0.1, 0.15) is 35.2 Å². The van der Waals surface area contributed by atoms with Crippen LogP contribution in [-0.2, 0) is 6.42 Å². The molecule has 0 unspecified atom stereocenters. The Balaban J connectivity index is 2.68. The molecule has 0 saturated heterocycles. The van der Waals surface area contributed by atoms with Gasteiger partial charge in [0, 0.05) is 17.5 Å². The number of benzene rings is 1. The summed E-state index contributed by atoms with van der Waals surface area (Å²) in [6, 6.07) is 0.874. The third kappa shape index (κ3) is 1.76. The normalized spacial score (nSPS) is 16.1. The van der Waals surface area contributed by atoms with Gasteiger partial charge in [-0.1, -0.05) is 11.6 Å². The van der Waals surface area contributed by atoms with Gasteiger partial charge in [-0.2, -0.15) is 0 Å². The molecule has 80 valence electrons. The average Bonchev–Trinajstić information content (AvgIpc) is 2.37. The minimum absolute atomic E-state index is 0.0239. The highest BCUT2D eigenvalue weighted by Crippen LogP contribution is 2.30. The summed E-state index contributed by atoms with van der Waals surface area (Å²) >= 11 is 5.76. The quantitative estimate of drug-likeness (QED) is 0.492. The van der Waals surface area contributed by atoms with E-state index in [1.54, 1.807) is 0 Å². The highest BCUT2D eigenvalue weighted by atomic mass is 35.5. The number of rotatable bonds is 0. The smallest absolute Gasteiger partial charge is 0.164 e. The Morgan fingerprint density at radius 1 is 1.20 bits per heavy atom. The number of halogens is 3. The van der Waals surface area contributed by atoms with E-state index in [0.717, 1.165) is 6.07 Å². The van der Waals surface area contributed by atoms with E-state index in [4.69, 9.17) is 11.6 Å². The summed E-state index contributed by atoms with van der Waals surface area (Å²) in [5.74, 6) is -2.09. The predicted octanol–water partition coefficient (Wildman–Crippen LogP) is 3.53. The van der Waals surface area contributed by atoms with Crippen LogP contribution in [0.2, 0.25) is 5.02 Å². The molecule has 0 N–H and O–H groups in total. The standard InChI is InChI=1S/C11H9ClF2O/c12-7-5-8(13)11(14)6-3-1-2-4-9(15)10(6)7/h5H,1-4H2. The van der Waals surface area contributed by atoms with Gasteiger partial charge in [0.25, 0.3) is 0 Å². The lowest BCUT2D eigenvalue weighted by atomic mass is 10.0. The second kappa shape index (κ2) is 3.89. The topological polar surface area (TPSA) is 17.1 Å². The van der Waals surface area contributed by atoms with Crippen LogP contribution in [0.15, 0.2) is 6.07 Å². The van der Waals surface area contributed by atoms with Crippen molar-refractivity contribution in [3.8, 4) is 0 Å². The third-order valence-corrected chi connectivity index (χ3v) is 2.93. The minimum Gasteiger partial charge on any atom is -0.294 e. The number of hydrogen-bond donors (Lipinski definition) is 0. The summed E-state index contributed by atoms with van der Waals surface area (Å²) in [5, 5.41) is 0.0239. The Kier molecular flexibility index (Phi) is 2.74. The van der Waals surface area contributed by atoms with Crippen molar-refractivity contribution in [2.24, 2.45) is 0 Å². The van der Waals surface area contributed by atoms with E-state index in [0.29, 0.717) is 25.7 Å². The molecule has 1 nitrogen and oxygen atoms in total. The van der Waals surface area contributed by atoms with Crippen molar-refractivity contribution >= 4 is 17.4 Å². The van der Waals surface area contributed by atoms with Crippen LogP contribution < -0.4 is 0 Å². The summed E-state index contributed by atoms with van der Waals surface area (Å²) in [6.07, 6.45) is 2.13. The monoisotopic (exact) mass is 230 g/mol. The van der Waals surface area contributed by atoms with Crippen LogP contribution in [0, 0.1) is 11.6 Å². The maximum absolute atomic E-state index is 13.4. The van der Waals surface area contributed by atoms with E-state index in [2.05, 4.69) is 0 Å². The molecule has 0 radical (unpaired) electrons. The molecular formula is C11H9ClF2O. The molecule has 2 rings (SSSR count). The lowest BCUT2D eigenvalue weighted by Gasteiger charge is -2.08. The highest BCUT2D eigenvalue weighted by Gasteiger charge is 2.24. The highest BCUT2D eigenvalue weighted by molar-refractivity contribution is 6.34. The molecule has 0 bridgehead atoms. The second-order valence-electron chi connectivity index (χ2n) is 3.64. The van der Waals surface area contributed by atoms with Crippen LogP contribution in [0.3, 0.4) is 0 Å².